The highest BCUT2D eigenvalue weighted by Gasteiger charge is 2.04. The Morgan fingerprint density at radius 3 is 2.69 bits per heavy atom. The zero-order valence-electron chi connectivity index (χ0n) is 9.53. The number of hydrogen-bond donors (Lipinski definition) is 2. The Labute approximate surface area is 94.9 Å². The van der Waals surface area contributed by atoms with Crippen molar-refractivity contribution in [3.63, 3.8) is 0 Å². The number of anilines is 1. The summed E-state index contributed by atoms with van der Waals surface area (Å²) in [4.78, 5) is 0. The van der Waals surface area contributed by atoms with E-state index in [1.807, 2.05) is 0 Å². The Balaban J connectivity index is 2.60. The predicted octanol–water partition coefficient (Wildman–Crippen LogP) is 1.91. The van der Waals surface area contributed by atoms with Gasteiger partial charge in [-0.15, -0.1) is 0 Å². The van der Waals surface area contributed by atoms with Gasteiger partial charge in [-0.25, -0.2) is 0 Å². The summed E-state index contributed by atoms with van der Waals surface area (Å²) in [7, 11) is 3.22. The SMILES string of the molecule is COCCCOc1cc(OC)ccc1NO. The van der Waals surface area contributed by atoms with Crippen LogP contribution in [0.25, 0.3) is 0 Å². The van der Waals surface area contributed by atoms with Gasteiger partial charge in [0.1, 0.15) is 17.2 Å². The van der Waals surface area contributed by atoms with Crippen molar-refractivity contribution in [2.75, 3.05) is 32.9 Å². The van der Waals surface area contributed by atoms with Crippen LogP contribution in [-0.4, -0.2) is 32.6 Å². The van der Waals surface area contributed by atoms with Crippen LogP contribution in [0.3, 0.4) is 0 Å². The topological polar surface area (TPSA) is 60.0 Å². The van der Waals surface area contributed by atoms with Crippen LogP contribution in [0.15, 0.2) is 18.2 Å². The molecule has 1 rings (SSSR count). The maximum atomic E-state index is 8.89. The maximum Gasteiger partial charge on any atom is 0.148 e. The van der Waals surface area contributed by atoms with Gasteiger partial charge in [-0.05, 0) is 12.1 Å². The number of hydrogen-bond acceptors (Lipinski definition) is 5. The Morgan fingerprint density at radius 2 is 2.06 bits per heavy atom. The van der Waals surface area contributed by atoms with E-state index in [0.29, 0.717) is 30.4 Å². The molecule has 0 fully saturated rings. The van der Waals surface area contributed by atoms with Crippen molar-refractivity contribution in [2.24, 2.45) is 0 Å². The molecule has 0 radical (unpaired) electrons. The number of ether oxygens (including phenoxy) is 3. The van der Waals surface area contributed by atoms with Gasteiger partial charge in [0, 0.05) is 26.2 Å². The first-order valence-corrected chi connectivity index (χ1v) is 5.01. The number of benzene rings is 1. The molecule has 16 heavy (non-hydrogen) atoms. The third kappa shape index (κ3) is 3.60. The molecular weight excluding hydrogens is 210 g/mol. The van der Waals surface area contributed by atoms with E-state index in [-0.39, 0.29) is 0 Å². The minimum atomic E-state index is 0.512. The molecule has 0 atom stereocenters. The predicted molar refractivity (Wildman–Crippen MR) is 60.4 cm³/mol. The second kappa shape index (κ2) is 6.92. The Hall–Kier alpha value is -1.46. The molecule has 0 aliphatic carbocycles. The highest BCUT2D eigenvalue weighted by Crippen LogP contribution is 2.28. The van der Waals surface area contributed by atoms with Crippen LogP contribution in [-0.2, 0) is 4.74 Å². The minimum absolute atomic E-state index is 0.512. The number of rotatable bonds is 7. The van der Waals surface area contributed by atoms with Crippen LogP contribution in [0.2, 0.25) is 0 Å². The molecule has 90 valence electrons. The van der Waals surface area contributed by atoms with E-state index in [1.54, 1.807) is 32.4 Å². The van der Waals surface area contributed by atoms with Crippen molar-refractivity contribution in [1.82, 2.24) is 0 Å². The molecule has 1 aromatic carbocycles. The standard InChI is InChI=1S/C11H17NO4/c1-14-6-3-7-16-11-8-9(15-2)4-5-10(11)12-13/h4-5,8,12-13H,3,6-7H2,1-2H3. The van der Waals surface area contributed by atoms with Crippen LogP contribution in [0.1, 0.15) is 6.42 Å². The lowest BCUT2D eigenvalue weighted by atomic mass is 10.3. The van der Waals surface area contributed by atoms with E-state index in [4.69, 9.17) is 19.4 Å². The third-order valence-electron chi connectivity index (χ3n) is 2.06. The molecule has 2 N–H and O–H groups in total. The highest BCUT2D eigenvalue weighted by atomic mass is 16.5. The molecular formula is C11H17NO4. The van der Waals surface area contributed by atoms with Crippen molar-refractivity contribution in [1.29, 1.82) is 0 Å². The van der Waals surface area contributed by atoms with Crippen LogP contribution < -0.4 is 15.0 Å². The van der Waals surface area contributed by atoms with E-state index >= 15 is 0 Å². The summed E-state index contributed by atoms with van der Waals surface area (Å²) in [5.74, 6) is 1.23. The maximum absolute atomic E-state index is 8.89. The summed E-state index contributed by atoms with van der Waals surface area (Å²) in [5.41, 5.74) is 2.59. The summed E-state index contributed by atoms with van der Waals surface area (Å²) < 4.78 is 15.5. The summed E-state index contributed by atoms with van der Waals surface area (Å²) in [6.45, 7) is 1.17. The number of nitrogens with one attached hydrogen (secondary N) is 1. The zero-order valence-corrected chi connectivity index (χ0v) is 9.53. The fourth-order valence-corrected chi connectivity index (χ4v) is 1.23. The van der Waals surface area contributed by atoms with E-state index in [9.17, 15) is 0 Å². The fourth-order valence-electron chi connectivity index (χ4n) is 1.23. The summed E-state index contributed by atoms with van der Waals surface area (Å²) in [5, 5.41) is 8.89. The van der Waals surface area contributed by atoms with Gasteiger partial charge in [-0.2, -0.15) is 0 Å². The van der Waals surface area contributed by atoms with Crippen molar-refractivity contribution >= 4 is 5.69 Å². The quantitative estimate of drug-likeness (QED) is 0.550. The fraction of sp³-hybridized carbons (Fsp3) is 0.455. The van der Waals surface area contributed by atoms with Gasteiger partial charge in [-0.1, -0.05) is 0 Å². The van der Waals surface area contributed by atoms with Gasteiger partial charge in [0.25, 0.3) is 0 Å². The van der Waals surface area contributed by atoms with Gasteiger partial charge in [0.2, 0.25) is 0 Å². The lowest BCUT2D eigenvalue weighted by Gasteiger charge is -2.11. The largest absolute Gasteiger partial charge is 0.497 e. The Bertz CT molecular complexity index is 317. The van der Waals surface area contributed by atoms with Crippen LogP contribution in [0.5, 0.6) is 11.5 Å². The molecule has 5 heteroatoms. The second-order valence-corrected chi connectivity index (χ2v) is 3.17. The van der Waals surface area contributed by atoms with Gasteiger partial charge in [-0.3, -0.25) is 10.7 Å². The van der Waals surface area contributed by atoms with Crippen LogP contribution in [0.4, 0.5) is 5.69 Å². The summed E-state index contributed by atoms with van der Waals surface area (Å²) in [6, 6.07) is 5.14. The van der Waals surface area contributed by atoms with Crippen LogP contribution >= 0.6 is 0 Å². The minimum Gasteiger partial charge on any atom is -0.497 e. The van der Waals surface area contributed by atoms with Gasteiger partial charge >= 0.3 is 0 Å². The van der Waals surface area contributed by atoms with Crippen molar-refractivity contribution in [3.05, 3.63) is 18.2 Å². The molecule has 0 saturated heterocycles. The third-order valence-corrected chi connectivity index (χ3v) is 2.06. The lowest BCUT2D eigenvalue weighted by molar-refractivity contribution is 0.172. The first-order chi connectivity index (χ1) is 7.81. The van der Waals surface area contributed by atoms with Gasteiger partial charge < -0.3 is 14.2 Å². The van der Waals surface area contributed by atoms with E-state index < -0.39 is 0 Å². The Kier molecular flexibility index (Phi) is 5.45. The summed E-state index contributed by atoms with van der Waals surface area (Å²) >= 11 is 0. The highest BCUT2D eigenvalue weighted by molar-refractivity contribution is 5.57. The number of methoxy groups -OCH3 is 2. The zero-order chi connectivity index (χ0) is 11.8. The molecule has 0 unspecified atom stereocenters. The Morgan fingerprint density at radius 1 is 1.25 bits per heavy atom. The average molecular weight is 227 g/mol. The molecule has 0 aromatic heterocycles. The van der Waals surface area contributed by atoms with E-state index in [1.165, 1.54) is 0 Å². The molecule has 0 aliphatic rings. The molecule has 0 heterocycles. The van der Waals surface area contributed by atoms with Crippen molar-refractivity contribution in [2.45, 2.75) is 6.42 Å². The summed E-state index contributed by atoms with van der Waals surface area (Å²) in [6.07, 6.45) is 0.790. The molecule has 0 bridgehead atoms. The van der Waals surface area contributed by atoms with Gasteiger partial charge in [0.05, 0.1) is 13.7 Å². The first kappa shape index (κ1) is 12.6. The van der Waals surface area contributed by atoms with Crippen LogP contribution in [0, 0.1) is 0 Å². The molecule has 0 aliphatic heterocycles. The van der Waals surface area contributed by atoms with E-state index in [2.05, 4.69) is 5.48 Å². The van der Waals surface area contributed by atoms with Crippen molar-refractivity contribution < 1.29 is 19.4 Å². The molecule has 0 spiro atoms. The molecule has 5 nitrogen and oxygen atoms in total. The van der Waals surface area contributed by atoms with Gasteiger partial charge in [0.15, 0.2) is 0 Å². The first-order valence-electron chi connectivity index (χ1n) is 5.01. The lowest BCUT2D eigenvalue weighted by Crippen LogP contribution is -2.03. The van der Waals surface area contributed by atoms with E-state index in [0.717, 1.165) is 6.42 Å². The molecule has 0 amide bonds. The smallest absolute Gasteiger partial charge is 0.148 e. The average Bonchev–Trinajstić information content (AvgIpc) is 2.34. The second-order valence-electron chi connectivity index (χ2n) is 3.17. The monoisotopic (exact) mass is 227 g/mol. The molecule has 1 aromatic rings. The normalized spacial score (nSPS) is 9.94. The van der Waals surface area contributed by atoms with Crippen molar-refractivity contribution in [3.8, 4) is 11.5 Å². The molecule has 0 saturated carbocycles.